The fraction of sp³-hybridized carbons (Fsp3) is 0.765. The van der Waals surface area contributed by atoms with E-state index in [9.17, 15) is 9.59 Å². The van der Waals surface area contributed by atoms with Gasteiger partial charge in [-0.15, -0.1) is 5.10 Å². The minimum absolute atomic E-state index is 0.0783. The fourth-order valence-corrected chi connectivity index (χ4v) is 3.98. The van der Waals surface area contributed by atoms with Crippen molar-refractivity contribution in [2.75, 3.05) is 45.9 Å². The number of likely N-dealkylation sites (tertiary alicyclic amines) is 1. The Labute approximate surface area is 157 Å². The van der Waals surface area contributed by atoms with Crippen LogP contribution in [0, 0.1) is 0 Å². The van der Waals surface area contributed by atoms with Gasteiger partial charge in [0.15, 0.2) is 5.69 Å². The van der Waals surface area contributed by atoms with E-state index in [1.54, 1.807) is 10.9 Å². The monoisotopic (exact) mass is 378 g/mol. The molecule has 1 N–H and O–H groups in total. The molecule has 148 valence electrons. The van der Waals surface area contributed by atoms with Gasteiger partial charge < -0.3 is 19.7 Å². The van der Waals surface area contributed by atoms with Crippen molar-refractivity contribution in [1.29, 1.82) is 0 Å². The molecule has 0 radical (unpaired) electrons. The Bertz CT molecular complexity index is 674. The molecule has 2 atom stereocenters. The third kappa shape index (κ3) is 4.38. The van der Waals surface area contributed by atoms with E-state index in [-0.39, 0.29) is 12.0 Å². The SMILES string of the molecule is O=C1NCC(Cn2cc(C(=O)N3CCCC(N4CCOCC4)CC3)nn2)O1. The molecule has 27 heavy (non-hydrogen) atoms. The molecular formula is C17H26N6O4. The van der Waals surface area contributed by atoms with Gasteiger partial charge in [-0.3, -0.25) is 9.69 Å². The van der Waals surface area contributed by atoms with Crippen LogP contribution in [0.3, 0.4) is 0 Å². The number of rotatable bonds is 4. The molecule has 3 aliphatic heterocycles. The van der Waals surface area contributed by atoms with Gasteiger partial charge in [0.1, 0.15) is 6.10 Å². The Morgan fingerprint density at radius 2 is 2.07 bits per heavy atom. The number of aromatic nitrogens is 3. The van der Waals surface area contributed by atoms with Crippen molar-refractivity contribution in [2.45, 2.75) is 38.0 Å². The van der Waals surface area contributed by atoms with Gasteiger partial charge in [0.25, 0.3) is 5.91 Å². The number of hydrogen-bond donors (Lipinski definition) is 1. The Morgan fingerprint density at radius 3 is 2.85 bits per heavy atom. The highest BCUT2D eigenvalue weighted by atomic mass is 16.6. The Balaban J connectivity index is 1.32. The van der Waals surface area contributed by atoms with Crippen molar-refractivity contribution >= 4 is 12.0 Å². The highest BCUT2D eigenvalue weighted by Crippen LogP contribution is 2.19. The standard InChI is InChI=1S/C17H26N6O4/c24-16(15-12-23(20-19-15)11-14-10-18-17(25)27-14)22-4-1-2-13(3-5-22)21-6-8-26-9-7-21/h12-14H,1-11H2,(H,18,25). The number of morpholine rings is 1. The molecule has 2 amide bonds. The second kappa shape index (κ2) is 8.22. The lowest BCUT2D eigenvalue weighted by Crippen LogP contribution is -2.44. The maximum Gasteiger partial charge on any atom is 0.407 e. The number of nitrogens with one attached hydrogen (secondary N) is 1. The molecule has 0 aromatic carbocycles. The maximum absolute atomic E-state index is 12.8. The second-order valence-corrected chi connectivity index (χ2v) is 7.26. The van der Waals surface area contributed by atoms with Crippen LogP contribution in [-0.4, -0.2) is 94.9 Å². The summed E-state index contributed by atoms with van der Waals surface area (Å²) in [5.41, 5.74) is 0.345. The first-order valence-electron chi connectivity index (χ1n) is 9.65. The third-order valence-electron chi connectivity index (χ3n) is 5.44. The van der Waals surface area contributed by atoms with Crippen molar-refractivity contribution in [1.82, 2.24) is 30.1 Å². The summed E-state index contributed by atoms with van der Waals surface area (Å²) in [4.78, 5) is 28.3. The van der Waals surface area contributed by atoms with E-state index < -0.39 is 6.09 Å². The van der Waals surface area contributed by atoms with Crippen LogP contribution in [0.5, 0.6) is 0 Å². The van der Waals surface area contributed by atoms with Crippen LogP contribution >= 0.6 is 0 Å². The first-order valence-corrected chi connectivity index (χ1v) is 9.65. The van der Waals surface area contributed by atoms with E-state index in [0.29, 0.717) is 24.8 Å². The van der Waals surface area contributed by atoms with Crippen molar-refractivity contribution in [3.63, 3.8) is 0 Å². The summed E-state index contributed by atoms with van der Waals surface area (Å²) >= 11 is 0. The summed E-state index contributed by atoms with van der Waals surface area (Å²) < 4.78 is 12.1. The molecule has 4 rings (SSSR count). The number of alkyl carbamates (subject to hydrolysis) is 1. The molecule has 3 saturated heterocycles. The largest absolute Gasteiger partial charge is 0.442 e. The van der Waals surface area contributed by atoms with Gasteiger partial charge in [-0.25, -0.2) is 9.48 Å². The third-order valence-corrected chi connectivity index (χ3v) is 5.44. The molecule has 4 heterocycles. The zero-order valence-corrected chi connectivity index (χ0v) is 15.4. The van der Waals surface area contributed by atoms with E-state index in [0.717, 1.165) is 58.7 Å². The molecule has 3 fully saturated rings. The topological polar surface area (TPSA) is 102 Å². The average Bonchev–Trinajstić information content (AvgIpc) is 3.24. The smallest absolute Gasteiger partial charge is 0.407 e. The lowest BCUT2D eigenvalue weighted by Gasteiger charge is -2.33. The van der Waals surface area contributed by atoms with Crippen LogP contribution in [0.1, 0.15) is 29.8 Å². The number of carbonyl (C=O) groups excluding carboxylic acids is 2. The van der Waals surface area contributed by atoms with Crippen molar-refractivity contribution < 1.29 is 19.1 Å². The molecule has 1 aromatic heterocycles. The fourth-order valence-electron chi connectivity index (χ4n) is 3.98. The molecule has 10 heteroatoms. The molecule has 3 aliphatic rings. The van der Waals surface area contributed by atoms with Gasteiger partial charge in [-0.05, 0) is 19.3 Å². The Hall–Kier alpha value is -2.20. The highest BCUT2D eigenvalue weighted by Gasteiger charge is 2.28. The Morgan fingerprint density at radius 1 is 1.22 bits per heavy atom. The van der Waals surface area contributed by atoms with Gasteiger partial charge in [-0.1, -0.05) is 5.21 Å². The van der Waals surface area contributed by atoms with Gasteiger partial charge in [-0.2, -0.15) is 0 Å². The van der Waals surface area contributed by atoms with Crippen LogP contribution in [0.25, 0.3) is 0 Å². The van der Waals surface area contributed by atoms with Crippen LogP contribution in [0.4, 0.5) is 4.79 Å². The quantitative estimate of drug-likeness (QED) is 0.768. The first-order chi connectivity index (χ1) is 13.2. The molecule has 0 bridgehead atoms. The number of nitrogens with zero attached hydrogens (tertiary/aromatic N) is 5. The highest BCUT2D eigenvalue weighted by molar-refractivity contribution is 5.91. The Kier molecular flexibility index (Phi) is 5.53. The minimum Gasteiger partial charge on any atom is -0.442 e. The summed E-state index contributed by atoms with van der Waals surface area (Å²) in [6.07, 6.45) is 4.01. The zero-order chi connectivity index (χ0) is 18.6. The lowest BCUT2D eigenvalue weighted by atomic mass is 10.1. The van der Waals surface area contributed by atoms with Crippen molar-refractivity contribution in [3.05, 3.63) is 11.9 Å². The van der Waals surface area contributed by atoms with Gasteiger partial charge in [0.05, 0.1) is 32.5 Å². The number of cyclic esters (lactones) is 1. The predicted octanol–water partition coefficient (Wildman–Crippen LogP) is -0.287. The number of hydrogen-bond acceptors (Lipinski definition) is 7. The van der Waals surface area contributed by atoms with E-state index in [2.05, 4.69) is 20.5 Å². The van der Waals surface area contributed by atoms with Crippen LogP contribution in [0.15, 0.2) is 6.20 Å². The number of ether oxygens (including phenoxy) is 2. The first kappa shape index (κ1) is 18.2. The summed E-state index contributed by atoms with van der Waals surface area (Å²) in [5.74, 6) is -0.0783. The normalized spacial score (nSPS) is 27.1. The predicted molar refractivity (Wildman–Crippen MR) is 94.2 cm³/mol. The minimum atomic E-state index is -0.421. The second-order valence-electron chi connectivity index (χ2n) is 7.26. The summed E-state index contributed by atoms with van der Waals surface area (Å²) in [6.45, 7) is 5.87. The molecule has 2 unspecified atom stereocenters. The molecule has 0 aliphatic carbocycles. The van der Waals surface area contributed by atoms with E-state index in [4.69, 9.17) is 9.47 Å². The maximum atomic E-state index is 12.8. The molecule has 1 aromatic rings. The van der Waals surface area contributed by atoms with E-state index in [1.165, 1.54) is 0 Å². The molecule has 0 saturated carbocycles. The van der Waals surface area contributed by atoms with Crippen LogP contribution in [0.2, 0.25) is 0 Å². The summed E-state index contributed by atoms with van der Waals surface area (Å²) in [6, 6.07) is 0.520. The van der Waals surface area contributed by atoms with E-state index >= 15 is 0 Å². The number of carbonyl (C=O) groups is 2. The van der Waals surface area contributed by atoms with E-state index in [1.807, 2.05) is 4.90 Å². The van der Waals surface area contributed by atoms with Gasteiger partial charge in [0.2, 0.25) is 0 Å². The number of amides is 2. The molecule has 0 spiro atoms. The van der Waals surface area contributed by atoms with Gasteiger partial charge >= 0.3 is 6.09 Å². The molecular weight excluding hydrogens is 352 g/mol. The lowest BCUT2D eigenvalue weighted by molar-refractivity contribution is 0.0135. The van der Waals surface area contributed by atoms with Crippen LogP contribution < -0.4 is 5.32 Å². The summed E-state index contributed by atoms with van der Waals surface area (Å²) in [5, 5.41) is 10.6. The molecule has 10 nitrogen and oxygen atoms in total. The van der Waals surface area contributed by atoms with Gasteiger partial charge in [0, 0.05) is 32.2 Å². The van der Waals surface area contributed by atoms with Crippen LogP contribution in [-0.2, 0) is 16.0 Å². The summed E-state index contributed by atoms with van der Waals surface area (Å²) in [7, 11) is 0. The average molecular weight is 378 g/mol. The van der Waals surface area contributed by atoms with Crippen molar-refractivity contribution in [3.8, 4) is 0 Å². The zero-order valence-electron chi connectivity index (χ0n) is 15.4. The van der Waals surface area contributed by atoms with Crippen molar-refractivity contribution in [2.24, 2.45) is 0 Å².